The molecule has 1 atom stereocenters. The topological polar surface area (TPSA) is 73.3 Å². The summed E-state index contributed by atoms with van der Waals surface area (Å²) in [6.45, 7) is 4.41. The predicted octanol–water partition coefficient (Wildman–Crippen LogP) is 2.52. The van der Waals surface area contributed by atoms with Gasteiger partial charge < -0.3 is 9.47 Å². The number of rotatable bonds is 4. The minimum atomic E-state index is -0.688. The lowest BCUT2D eigenvalue weighted by atomic mass is 10.1. The first-order valence-corrected chi connectivity index (χ1v) is 7.95. The summed E-state index contributed by atoms with van der Waals surface area (Å²) in [7, 11) is 0. The van der Waals surface area contributed by atoms with Gasteiger partial charge in [0.1, 0.15) is 11.6 Å². The zero-order chi connectivity index (χ0) is 15.5. The molecule has 0 spiro atoms. The van der Waals surface area contributed by atoms with Crippen molar-refractivity contribution in [1.29, 1.82) is 0 Å². The number of hydrogen-bond donors (Lipinski definition) is 1. The fourth-order valence-electron chi connectivity index (χ4n) is 2.07. The fraction of sp³-hybridized carbons (Fsp3) is 0.400. The maximum atomic E-state index is 12.2. The third kappa shape index (κ3) is 3.36. The van der Waals surface area contributed by atoms with Gasteiger partial charge in [0.15, 0.2) is 11.5 Å². The van der Waals surface area contributed by atoms with E-state index >= 15 is 0 Å². The summed E-state index contributed by atoms with van der Waals surface area (Å²) in [5.41, 5.74) is 0. The van der Waals surface area contributed by atoms with E-state index in [2.05, 4.69) is 29.4 Å². The van der Waals surface area contributed by atoms with Crippen molar-refractivity contribution in [2.24, 2.45) is 5.92 Å². The van der Waals surface area contributed by atoms with Crippen molar-refractivity contribution in [2.45, 2.75) is 26.4 Å². The average molecular weight is 319 g/mol. The van der Waals surface area contributed by atoms with Crippen LogP contribution in [0.25, 0.3) is 0 Å². The lowest BCUT2D eigenvalue weighted by Crippen LogP contribution is -2.40. The maximum absolute atomic E-state index is 12.2. The molecule has 22 heavy (non-hydrogen) atoms. The molecule has 3 rings (SSSR count). The zero-order valence-electron chi connectivity index (χ0n) is 12.4. The second kappa shape index (κ2) is 6.31. The number of nitrogens with zero attached hydrogens (tertiary/aromatic N) is 2. The Morgan fingerprint density at radius 1 is 1.36 bits per heavy atom. The molecule has 0 unspecified atom stereocenters. The van der Waals surface area contributed by atoms with Gasteiger partial charge in [0.2, 0.25) is 11.2 Å². The van der Waals surface area contributed by atoms with Crippen molar-refractivity contribution >= 4 is 22.4 Å². The quantitative estimate of drug-likeness (QED) is 0.937. The number of nitrogens with one attached hydrogen (secondary N) is 1. The van der Waals surface area contributed by atoms with Gasteiger partial charge in [0.25, 0.3) is 5.91 Å². The lowest BCUT2D eigenvalue weighted by Gasteiger charge is -2.25. The van der Waals surface area contributed by atoms with E-state index in [9.17, 15) is 4.79 Å². The van der Waals surface area contributed by atoms with E-state index < -0.39 is 6.10 Å². The number of carbonyl (C=O) groups is 1. The summed E-state index contributed by atoms with van der Waals surface area (Å²) in [4.78, 5) is 12.2. The van der Waals surface area contributed by atoms with E-state index in [1.54, 1.807) is 6.07 Å². The van der Waals surface area contributed by atoms with Crippen LogP contribution in [0.3, 0.4) is 0 Å². The highest BCUT2D eigenvalue weighted by molar-refractivity contribution is 7.15. The normalized spacial score (nSPS) is 16.6. The molecule has 0 bridgehead atoms. The molecule has 1 aromatic heterocycles. The van der Waals surface area contributed by atoms with E-state index in [1.165, 1.54) is 11.3 Å². The largest absolute Gasteiger partial charge is 0.485 e. The molecule has 1 amide bonds. The van der Waals surface area contributed by atoms with Crippen LogP contribution in [0.1, 0.15) is 18.9 Å². The Morgan fingerprint density at radius 2 is 2.14 bits per heavy atom. The summed E-state index contributed by atoms with van der Waals surface area (Å²) >= 11 is 1.39. The van der Waals surface area contributed by atoms with Crippen LogP contribution in [0.15, 0.2) is 24.3 Å². The number of ether oxygens (including phenoxy) is 2. The van der Waals surface area contributed by atoms with Crippen molar-refractivity contribution < 1.29 is 14.3 Å². The van der Waals surface area contributed by atoms with Crippen LogP contribution >= 0.6 is 11.3 Å². The van der Waals surface area contributed by atoms with Crippen LogP contribution in [-0.4, -0.2) is 28.8 Å². The zero-order valence-corrected chi connectivity index (χ0v) is 13.2. The first kappa shape index (κ1) is 14.8. The van der Waals surface area contributed by atoms with Crippen LogP contribution in [0, 0.1) is 5.92 Å². The molecule has 1 aliphatic rings. The Bertz CT molecular complexity index is 672. The Hall–Kier alpha value is -2.15. The van der Waals surface area contributed by atoms with E-state index in [0.717, 1.165) is 11.4 Å². The lowest BCUT2D eigenvalue weighted by molar-refractivity contribution is -0.125. The number of amides is 1. The number of para-hydroxylation sites is 2. The standard InChI is InChI=1S/C15H17N3O3S/c1-9(2)7-13-17-18-15(22-13)16-14(19)12-8-20-10-5-3-4-6-11(10)21-12/h3-6,9,12H,7-8H2,1-2H3,(H,16,18,19)/t12-/m0/s1. The molecule has 7 heteroatoms. The van der Waals surface area contributed by atoms with Crippen LogP contribution in [0.4, 0.5) is 5.13 Å². The van der Waals surface area contributed by atoms with Crippen molar-refractivity contribution in [2.75, 3.05) is 11.9 Å². The number of carbonyl (C=O) groups excluding carboxylic acids is 1. The van der Waals surface area contributed by atoms with Gasteiger partial charge in [-0.05, 0) is 18.1 Å². The van der Waals surface area contributed by atoms with Gasteiger partial charge in [-0.15, -0.1) is 10.2 Å². The molecular weight excluding hydrogens is 302 g/mol. The van der Waals surface area contributed by atoms with Gasteiger partial charge in [-0.1, -0.05) is 37.3 Å². The molecule has 0 aliphatic carbocycles. The number of aromatic nitrogens is 2. The average Bonchev–Trinajstić information content (AvgIpc) is 2.93. The molecule has 2 heterocycles. The van der Waals surface area contributed by atoms with Crippen molar-refractivity contribution in [3.05, 3.63) is 29.3 Å². The van der Waals surface area contributed by atoms with Gasteiger partial charge in [0.05, 0.1) is 0 Å². The fourth-order valence-corrected chi connectivity index (χ4v) is 3.03. The van der Waals surface area contributed by atoms with Gasteiger partial charge >= 0.3 is 0 Å². The predicted molar refractivity (Wildman–Crippen MR) is 83.4 cm³/mol. The van der Waals surface area contributed by atoms with E-state index in [1.807, 2.05) is 18.2 Å². The summed E-state index contributed by atoms with van der Waals surface area (Å²) in [5, 5.41) is 12.2. The van der Waals surface area contributed by atoms with Gasteiger partial charge in [-0.3, -0.25) is 10.1 Å². The molecule has 116 valence electrons. The third-order valence-electron chi connectivity index (χ3n) is 3.08. The van der Waals surface area contributed by atoms with E-state index in [-0.39, 0.29) is 12.5 Å². The molecule has 1 aromatic carbocycles. The number of hydrogen-bond acceptors (Lipinski definition) is 6. The van der Waals surface area contributed by atoms with Crippen LogP contribution < -0.4 is 14.8 Å². The first-order valence-electron chi connectivity index (χ1n) is 7.13. The third-order valence-corrected chi connectivity index (χ3v) is 3.94. The monoisotopic (exact) mass is 319 g/mol. The second-order valence-corrected chi connectivity index (χ2v) is 6.51. The summed E-state index contributed by atoms with van der Waals surface area (Å²) in [6, 6.07) is 7.29. The molecule has 0 saturated carbocycles. The molecule has 1 N–H and O–H groups in total. The Morgan fingerprint density at radius 3 is 2.91 bits per heavy atom. The maximum Gasteiger partial charge on any atom is 0.270 e. The Kier molecular flexibility index (Phi) is 4.24. The molecule has 0 fully saturated rings. The van der Waals surface area contributed by atoms with Crippen LogP contribution in [0.2, 0.25) is 0 Å². The van der Waals surface area contributed by atoms with Crippen molar-refractivity contribution in [3.8, 4) is 11.5 Å². The van der Waals surface area contributed by atoms with Crippen molar-refractivity contribution in [3.63, 3.8) is 0 Å². The highest BCUT2D eigenvalue weighted by Crippen LogP contribution is 2.31. The number of fused-ring (bicyclic) bond motifs is 1. The second-order valence-electron chi connectivity index (χ2n) is 5.45. The minimum absolute atomic E-state index is 0.181. The number of benzene rings is 1. The van der Waals surface area contributed by atoms with Gasteiger partial charge in [0, 0.05) is 6.42 Å². The first-order chi connectivity index (χ1) is 10.6. The van der Waals surface area contributed by atoms with Crippen LogP contribution in [-0.2, 0) is 11.2 Å². The minimum Gasteiger partial charge on any atom is -0.485 e. The summed E-state index contributed by atoms with van der Waals surface area (Å²) < 4.78 is 11.2. The van der Waals surface area contributed by atoms with Gasteiger partial charge in [-0.25, -0.2) is 0 Å². The number of anilines is 1. The highest BCUT2D eigenvalue weighted by atomic mass is 32.1. The summed E-state index contributed by atoms with van der Waals surface area (Å²) in [5.74, 6) is 1.46. The smallest absolute Gasteiger partial charge is 0.270 e. The molecule has 2 aromatic rings. The van der Waals surface area contributed by atoms with Crippen molar-refractivity contribution in [1.82, 2.24) is 10.2 Å². The SMILES string of the molecule is CC(C)Cc1nnc(NC(=O)[C@@H]2COc3ccccc3O2)s1. The van der Waals surface area contributed by atoms with Gasteiger partial charge in [-0.2, -0.15) is 0 Å². The molecular formula is C15H17N3O3S. The summed E-state index contributed by atoms with van der Waals surface area (Å²) in [6.07, 6.45) is 0.164. The molecule has 6 nitrogen and oxygen atoms in total. The van der Waals surface area contributed by atoms with E-state index in [4.69, 9.17) is 9.47 Å². The molecule has 0 saturated heterocycles. The highest BCUT2D eigenvalue weighted by Gasteiger charge is 2.28. The molecule has 0 radical (unpaired) electrons. The molecule has 1 aliphatic heterocycles. The van der Waals surface area contributed by atoms with E-state index in [0.29, 0.717) is 22.5 Å². The van der Waals surface area contributed by atoms with Crippen LogP contribution in [0.5, 0.6) is 11.5 Å². The Labute approximate surface area is 132 Å². The Balaban J connectivity index is 1.62.